The van der Waals surface area contributed by atoms with E-state index in [0.717, 1.165) is 11.3 Å². The summed E-state index contributed by atoms with van der Waals surface area (Å²) in [6, 6.07) is 16.6. The van der Waals surface area contributed by atoms with Crippen LogP contribution in [0.5, 0.6) is 0 Å². The highest BCUT2D eigenvalue weighted by Gasteiger charge is 2.29. The van der Waals surface area contributed by atoms with Crippen molar-refractivity contribution in [3.63, 3.8) is 0 Å². The maximum absolute atomic E-state index is 12.8. The van der Waals surface area contributed by atoms with Gasteiger partial charge in [0.15, 0.2) is 0 Å². The first-order chi connectivity index (χ1) is 11.5. The highest BCUT2D eigenvalue weighted by atomic mass is 32.2. The van der Waals surface area contributed by atoms with Crippen LogP contribution < -0.4 is 4.90 Å². The van der Waals surface area contributed by atoms with E-state index in [4.69, 9.17) is 5.26 Å². The van der Waals surface area contributed by atoms with Crippen molar-refractivity contribution in [2.45, 2.75) is 11.8 Å². The van der Waals surface area contributed by atoms with Gasteiger partial charge in [-0.05, 0) is 42.8 Å². The molecule has 0 bridgehead atoms. The first-order valence-electron chi connectivity index (χ1n) is 7.83. The van der Waals surface area contributed by atoms with E-state index in [1.54, 1.807) is 28.6 Å². The first-order valence-corrected chi connectivity index (χ1v) is 9.27. The molecule has 6 heteroatoms. The van der Waals surface area contributed by atoms with Crippen LogP contribution in [-0.2, 0) is 10.0 Å². The quantitative estimate of drug-likeness (QED) is 0.860. The number of hydrogen-bond acceptors (Lipinski definition) is 4. The predicted octanol–water partition coefficient (Wildman–Crippen LogP) is 2.38. The van der Waals surface area contributed by atoms with Crippen LogP contribution in [0, 0.1) is 18.3 Å². The van der Waals surface area contributed by atoms with Gasteiger partial charge in [-0.25, -0.2) is 8.42 Å². The standard InChI is InChI=1S/C18H19N3O2S/c1-15-4-2-3-5-18(15)24(22,23)21-12-10-20(11-13-21)17-8-6-16(14-19)7-9-17/h2-9H,10-13H2,1H3. The molecule has 0 spiro atoms. The molecule has 1 heterocycles. The van der Waals surface area contributed by atoms with Gasteiger partial charge in [-0.1, -0.05) is 18.2 Å². The van der Waals surface area contributed by atoms with E-state index in [2.05, 4.69) is 11.0 Å². The van der Waals surface area contributed by atoms with Gasteiger partial charge in [0.05, 0.1) is 16.5 Å². The third-order valence-electron chi connectivity index (χ3n) is 4.31. The highest BCUT2D eigenvalue weighted by Crippen LogP contribution is 2.23. The second-order valence-corrected chi connectivity index (χ2v) is 7.72. The third-order valence-corrected chi connectivity index (χ3v) is 6.37. The molecule has 24 heavy (non-hydrogen) atoms. The summed E-state index contributed by atoms with van der Waals surface area (Å²) in [6.07, 6.45) is 0. The second-order valence-electron chi connectivity index (χ2n) is 5.82. The molecule has 0 saturated carbocycles. The van der Waals surface area contributed by atoms with E-state index in [-0.39, 0.29) is 0 Å². The summed E-state index contributed by atoms with van der Waals surface area (Å²) in [5.41, 5.74) is 2.41. The van der Waals surface area contributed by atoms with E-state index in [1.807, 2.05) is 31.2 Å². The summed E-state index contributed by atoms with van der Waals surface area (Å²) >= 11 is 0. The Morgan fingerprint density at radius 1 is 0.958 bits per heavy atom. The van der Waals surface area contributed by atoms with Crippen molar-refractivity contribution in [3.8, 4) is 6.07 Å². The Morgan fingerprint density at radius 2 is 1.58 bits per heavy atom. The largest absolute Gasteiger partial charge is 0.369 e. The fourth-order valence-corrected chi connectivity index (χ4v) is 4.57. The average molecular weight is 341 g/mol. The zero-order chi connectivity index (χ0) is 17.2. The number of hydrogen-bond donors (Lipinski definition) is 0. The van der Waals surface area contributed by atoms with Gasteiger partial charge >= 0.3 is 0 Å². The second kappa shape index (κ2) is 6.63. The highest BCUT2D eigenvalue weighted by molar-refractivity contribution is 7.89. The minimum absolute atomic E-state index is 0.386. The Labute approximate surface area is 142 Å². The van der Waals surface area contributed by atoms with Crippen LogP contribution in [0.25, 0.3) is 0 Å². The fourth-order valence-electron chi connectivity index (χ4n) is 2.92. The zero-order valence-corrected chi connectivity index (χ0v) is 14.3. The molecule has 0 aliphatic carbocycles. The Hall–Kier alpha value is -2.36. The fraction of sp³-hybridized carbons (Fsp3) is 0.278. The summed E-state index contributed by atoms with van der Waals surface area (Å²) in [5.74, 6) is 0. The van der Waals surface area contributed by atoms with Crippen LogP contribution in [0.2, 0.25) is 0 Å². The molecule has 0 atom stereocenters. The van der Waals surface area contributed by atoms with E-state index < -0.39 is 10.0 Å². The number of sulfonamides is 1. The van der Waals surface area contributed by atoms with Crippen LogP contribution in [0.15, 0.2) is 53.4 Å². The van der Waals surface area contributed by atoms with Crippen molar-refractivity contribution in [2.24, 2.45) is 0 Å². The Morgan fingerprint density at radius 3 is 2.17 bits per heavy atom. The van der Waals surface area contributed by atoms with Crippen LogP contribution in [-0.4, -0.2) is 38.9 Å². The average Bonchev–Trinajstić information content (AvgIpc) is 2.62. The summed E-state index contributed by atoms with van der Waals surface area (Å²) < 4.78 is 27.2. The number of aryl methyl sites for hydroxylation is 1. The van der Waals surface area contributed by atoms with E-state index in [1.165, 1.54) is 0 Å². The molecule has 0 aromatic heterocycles. The summed E-state index contributed by atoms with van der Waals surface area (Å²) in [4.78, 5) is 2.53. The van der Waals surface area contributed by atoms with E-state index in [9.17, 15) is 8.42 Å². The molecule has 0 unspecified atom stereocenters. The van der Waals surface area contributed by atoms with Crippen LogP contribution in [0.3, 0.4) is 0 Å². The Bertz CT molecular complexity index is 862. The van der Waals surface area contributed by atoms with Crippen LogP contribution in [0.4, 0.5) is 5.69 Å². The molecule has 5 nitrogen and oxygen atoms in total. The van der Waals surface area contributed by atoms with Crippen molar-refractivity contribution < 1.29 is 8.42 Å². The molecular weight excluding hydrogens is 322 g/mol. The third kappa shape index (κ3) is 3.14. The number of nitriles is 1. The first kappa shape index (κ1) is 16.5. The molecular formula is C18H19N3O2S. The molecule has 2 aromatic carbocycles. The summed E-state index contributed by atoms with van der Waals surface area (Å²) in [6.45, 7) is 4.00. The molecule has 0 radical (unpaired) electrons. The molecule has 0 N–H and O–H groups in total. The number of nitrogens with zero attached hydrogens (tertiary/aromatic N) is 3. The monoisotopic (exact) mass is 341 g/mol. The molecule has 1 fully saturated rings. The molecule has 1 aliphatic heterocycles. The van der Waals surface area contributed by atoms with Gasteiger partial charge in [0, 0.05) is 31.9 Å². The van der Waals surface area contributed by atoms with Gasteiger partial charge in [0.2, 0.25) is 10.0 Å². The van der Waals surface area contributed by atoms with Crippen LogP contribution in [0.1, 0.15) is 11.1 Å². The lowest BCUT2D eigenvalue weighted by Crippen LogP contribution is -2.48. The Kier molecular flexibility index (Phi) is 4.56. The number of rotatable bonds is 3. The predicted molar refractivity (Wildman–Crippen MR) is 93.3 cm³/mol. The van der Waals surface area contributed by atoms with Crippen molar-refractivity contribution in [1.29, 1.82) is 5.26 Å². The lowest BCUT2D eigenvalue weighted by atomic mass is 10.2. The summed E-state index contributed by atoms with van der Waals surface area (Å²) in [7, 11) is -3.45. The normalized spacial score (nSPS) is 15.9. The van der Waals surface area contributed by atoms with Gasteiger partial charge in [-0.3, -0.25) is 0 Å². The van der Waals surface area contributed by atoms with Gasteiger partial charge < -0.3 is 4.90 Å². The van der Waals surface area contributed by atoms with Crippen LogP contribution >= 0.6 is 0 Å². The van der Waals surface area contributed by atoms with Crippen molar-refractivity contribution in [3.05, 3.63) is 59.7 Å². The number of anilines is 1. The number of piperazine rings is 1. The molecule has 1 saturated heterocycles. The van der Waals surface area contributed by atoms with Gasteiger partial charge in [0.1, 0.15) is 0 Å². The Balaban J connectivity index is 1.73. The van der Waals surface area contributed by atoms with Crippen molar-refractivity contribution in [2.75, 3.05) is 31.1 Å². The molecule has 0 amide bonds. The maximum atomic E-state index is 12.8. The number of benzene rings is 2. The van der Waals surface area contributed by atoms with Gasteiger partial charge in [-0.2, -0.15) is 9.57 Å². The smallest absolute Gasteiger partial charge is 0.243 e. The summed E-state index contributed by atoms with van der Waals surface area (Å²) in [5, 5.41) is 8.86. The topological polar surface area (TPSA) is 64.4 Å². The van der Waals surface area contributed by atoms with Crippen molar-refractivity contribution >= 4 is 15.7 Å². The van der Waals surface area contributed by atoms with Crippen molar-refractivity contribution in [1.82, 2.24) is 4.31 Å². The minimum atomic E-state index is -3.45. The molecule has 3 rings (SSSR count). The maximum Gasteiger partial charge on any atom is 0.243 e. The lowest BCUT2D eigenvalue weighted by molar-refractivity contribution is 0.384. The molecule has 124 valence electrons. The SMILES string of the molecule is Cc1ccccc1S(=O)(=O)N1CCN(c2ccc(C#N)cc2)CC1. The van der Waals surface area contributed by atoms with Gasteiger partial charge in [-0.15, -0.1) is 0 Å². The minimum Gasteiger partial charge on any atom is -0.369 e. The van der Waals surface area contributed by atoms with Gasteiger partial charge in [0.25, 0.3) is 0 Å². The van der Waals surface area contributed by atoms with E-state index in [0.29, 0.717) is 36.6 Å². The lowest BCUT2D eigenvalue weighted by Gasteiger charge is -2.35. The molecule has 1 aliphatic rings. The van der Waals surface area contributed by atoms with E-state index >= 15 is 0 Å². The zero-order valence-electron chi connectivity index (χ0n) is 13.5. The molecule has 2 aromatic rings.